The molecule has 0 aliphatic carbocycles. The fourth-order valence-corrected chi connectivity index (χ4v) is 3.15. The van der Waals surface area contributed by atoms with Crippen molar-refractivity contribution in [3.63, 3.8) is 0 Å². The Morgan fingerprint density at radius 1 is 0.733 bits per heavy atom. The third-order valence-corrected chi connectivity index (χ3v) is 4.69. The summed E-state index contributed by atoms with van der Waals surface area (Å²) in [6.45, 7) is 1.90. The van der Waals surface area contributed by atoms with Gasteiger partial charge in [-0.15, -0.1) is 0 Å². The van der Waals surface area contributed by atoms with E-state index in [1.807, 2.05) is 13.0 Å². The van der Waals surface area contributed by atoms with Crippen molar-refractivity contribution in [1.29, 1.82) is 0 Å². The van der Waals surface area contributed by atoms with Crippen LogP contribution in [-0.4, -0.2) is 28.6 Å². The van der Waals surface area contributed by atoms with E-state index in [-0.39, 0.29) is 22.6 Å². The van der Waals surface area contributed by atoms with E-state index in [1.165, 1.54) is 24.3 Å². The van der Waals surface area contributed by atoms with Crippen LogP contribution in [0.1, 0.15) is 47.0 Å². The molecule has 0 unspecified atom stereocenters. The van der Waals surface area contributed by atoms with Crippen LogP contribution in [-0.2, 0) is 0 Å². The molecule has 0 fully saturated rings. The molecule has 2 N–H and O–H groups in total. The van der Waals surface area contributed by atoms with Gasteiger partial charge in [0.1, 0.15) is 0 Å². The maximum Gasteiger partial charge on any atom is 0.280 e. The maximum absolute atomic E-state index is 12.5. The van der Waals surface area contributed by atoms with Crippen LogP contribution in [0.3, 0.4) is 0 Å². The highest BCUT2D eigenvalue weighted by atomic mass is 16.2. The van der Waals surface area contributed by atoms with Crippen LogP contribution < -0.4 is 10.7 Å². The number of nitrogens with one attached hydrogen (secondary N) is 2. The highest BCUT2D eigenvalue weighted by Crippen LogP contribution is 2.21. The minimum atomic E-state index is -0.610. The summed E-state index contributed by atoms with van der Waals surface area (Å²) >= 11 is 0. The monoisotopic (exact) mass is 399 g/mol. The van der Waals surface area contributed by atoms with Crippen molar-refractivity contribution < 1.29 is 19.2 Å². The zero-order valence-electron chi connectivity index (χ0n) is 16.0. The van der Waals surface area contributed by atoms with Crippen molar-refractivity contribution in [3.05, 3.63) is 101 Å². The van der Waals surface area contributed by atoms with Gasteiger partial charge in [-0.2, -0.15) is 5.01 Å². The summed E-state index contributed by atoms with van der Waals surface area (Å²) in [4.78, 5) is 49.5. The molecule has 3 aromatic carbocycles. The third-order valence-electron chi connectivity index (χ3n) is 4.69. The summed E-state index contributed by atoms with van der Waals surface area (Å²) in [5.74, 6) is -2.03. The zero-order chi connectivity index (χ0) is 21.3. The summed E-state index contributed by atoms with van der Waals surface area (Å²) in [6, 6.07) is 19.7. The van der Waals surface area contributed by atoms with Crippen molar-refractivity contribution in [2.45, 2.75) is 6.92 Å². The van der Waals surface area contributed by atoms with Gasteiger partial charge in [-0.05, 0) is 55.5 Å². The van der Waals surface area contributed by atoms with E-state index in [4.69, 9.17) is 0 Å². The lowest BCUT2D eigenvalue weighted by atomic mass is 10.1. The van der Waals surface area contributed by atoms with Crippen molar-refractivity contribution in [2.75, 3.05) is 5.32 Å². The topological polar surface area (TPSA) is 95.6 Å². The number of amides is 4. The molecular weight excluding hydrogens is 382 g/mol. The van der Waals surface area contributed by atoms with Crippen LogP contribution in [0, 0.1) is 6.92 Å². The standard InChI is InChI=1S/C23H17N3O4/c1-14-5-4-6-16(13-14)20(27)24-17-11-9-15(10-12-17)21(28)25-26-22(29)18-7-2-3-8-19(18)23(26)30/h2-13H,1H3,(H,24,27)(H,25,28). The van der Waals surface area contributed by atoms with Gasteiger partial charge in [0.2, 0.25) is 0 Å². The Morgan fingerprint density at radius 3 is 1.97 bits per heavy atom. The van der Waals surface area contributed by atoms with E-state index in [0.717, 1.165) is 5.56 Å². The SMILES string of the molecule is Cc1cccc(C(=O)Nc2ccc(C(=O)NN3C(=O)c4ccccc4C3=O)cc2)c1. The first-order chi connectivity index (χ1) is 14.4. The molecule has 0 atom stereocenters. The molecule has 4 amide bonds. The molecule has 1 aliphatic rings. The number of hydrogen-bond donors (Lipinski definition) is 2. The van der Waals surface area contributed by atoms with Gasteiger partial charge in [-0.1, -0.05) is 29.8 Å². The average molecular weight is 399 g/mol. The Morgan fingerprint density at radius 2 is 1.37 bits per heavy atom. The molecule has 0 radical (unpaired) electrons. The predicted octanol–water partition coefficient (Wildman–Crippen LogP) is 3.19. The van der Waals surface area contributed by atoms with E-state index in [1.54, 1.807) is 42.5 Å². The van der Waals surface area contributed by atoms with Gasteiger partial charge in [0.15, 0.2) is 0 Å². The Hall–Kier alpha value is -4.26. The maximum atomic E-state index is 12.5. The number of fused-ring (bicyclic) bond motifs is 1. The van der Waals surface area contributed by atoms with E-state index in [2.05, 4.69) is 10.7 Å². The predicted molar refractivity (Wildman–Crippen MR) is 110 cm³/mol. The molecule has 1 heterocycles. The second kappa shape index (κ2) is 7.63. The van der Waals surface area contributed by atoms with Gasteiger partial charge in [-0.25, -0.2) is 0 Å². The van der Waals surface area contributed by atoms with Crippen molar-refractivity contribution in [3.8, 4) is 0 Å². The smallest absolute Gasteiger partial charge is 0.280 e. The quantitative estimate of drug-likeness (QED) is 0.659. The summed E-state index contributed by atoms with van der Waals surface area (Å²) in [7, 11) is 0. The zero-order valence-corrected chi connectivity index (χ0v) is 16.0. The van der Waals surface area contributed by atoms with Gasteiger partial charge in [0, 0.05) is 16.8 Å². The first kappa shape index (κ1) is 19.1. The fraction of sp³-hybridized carbons (Fsp3) is 0.0435. The van der Waals surface area contributed by atoms with Crippen LogP contribution in [0.25, 0.3) is 0 Å². The second-order valence-corrected chi connectivity index (χ2v) is 6.83. The molecule has 0 aromatic heterocycles. The van der Waals surface area contributed by atoms with Crippen LogP contribution in [0.4, 0.5) is 5.69 Å². The van der Waals surface area contributed by atoms with Gasteiger partial charge in [0.25, 0.3) is 23.6 Å². The molecule has 3 aromatic rings. The molecule has 30 heavy (non-hydrogen) atoms. The van der Waals surface area contributed by atoms with E-state index in [0.29, 0.717) is 16.3 Å². The van der Waals surface area contributed by atoms with Crippen molar-refractivity contribution in [2.24, 2.45) is 0 Å². The number of imide groups is 1. The summed E-state index contributed by atoms with van der Waals surface area (Å²) < 4.78 is 0. The molecule has 4 rings (SSSR count). The number of hydrazine groups is 1. The number of nitrogens with zero attached hydrogens (tertiary/aromatic N) is 1. The largest absolute Gasteiger partial charge is 0.322 e. The Bertz CT molecular complexity index is 1150. The van der Waals surface area contributed by atoms with E-state index >= 15 is 0 Å². The number of anilines is 1. The lowest BCUT2D eigenvalue weighted by Crippen LogP contribution is -2.45. The lowest BCUT2D eigenvalue weighted by Gasteiger charge is -2.15. The van der Waals surface area contributed by atoms with Gasteiger partial charge in [-0.3, -0.25) is 24.6 Å². The van der Waals surface area contributed by atoms with Crippen LogP contribution >= 0.6 is 0 Å². The van der Waals surface area contributed by atoms with Crippen molar-refractivity contribution in [1.82, 2.24) is 10.4 Å². The van der Waals surface area contributed by atoms with Crippen LogP contribution in [0.5, 0.6) is 0 Å². The Labute approximate surface area is 172 Å². The molecule has 0 spiro atoms. The van der Waals surface area contributed by atoms with E-state index in [9.17, 15) is 19.2 Å². The first-order valence-corrected chi connectivity index (χ1v) is 9.21. The van der Waals surface area contributed by atoms with Crippen molar-refractivity contribution >= 4 is 29.3 Å². The van der Waals surface area contributed by atoms with Crippen LogP contribution in [0.2, 0.25) is 0 Å². The molecule has 148 valence electrons. The number of rotatable bonds is 4. The molecule has 1 aliphatic heterocycles. The molecule has 7 nitrogen and oxygen atoms in total. The average Bonchev–Trinajstić information content (AvgIpc) is 2.99. The number of aryl methyl sites for hydroxylation is 1. The highest BCUT2D eigenvalue weighted by molar-refractivity contribution is 6.22. The number of benzene rings is 3. The summed E-state index contributed by atoms with van der Waals surface area (Å²) in [5.41, 5.74) is 5.09. The number of carbonyl (C=O) groups is 4. The number of hydrogen-bond acceptors (Lipinski definition) is 4. The van der Waals surface area contributed by atoms with Crippen LogP contribution in [0.15, 0.2) is 72.8 Å². The highest BCUT2D eigenvalue weighted by Gasteiger charge is 2.36. The third kappa shape index (κ3) is 3.56. The van der Waals surface area contributed by atoms with Gasteiger partial charge in [0.05, 0.1) is 11.1 Å². The minimum absolute atomic E-state index is 0.236. The van der Waals surface area contributed by atoms with Gasteiger partial charge >= 0.3 is 0 Å². The molecule has 0 saturated carbocycles. The lowest BCUT2D eigenvalue weighted by molar-refractivity contribution is 0.0518. The molecule has 0 saturated heterocycles. The first-order valence-electron chi connectivity index (χ1n) is 9.21. The second-order valence-electron chi connectivity index (χ2n) is 6.83. The summed E-state index contributed by atoms with van der Waals surface area (Å²) in [5, 5.41) is 3.47. The minimum Gasteiger partial charge on any atom is -0.322 e. The fourth-order valence-electron chi connectivity index (χ4n) is 3.15. The molecular formula is C23H17N3O4. The number of carbonyl (C=O) groups excluding carboxylic acids is 4. The van der Waals surface area contributed by atoms with E-state index < -0.39 is 17.7 Å². The van der Waals surface area contributed by atoms with Gasteiger partial charge < -0.3 is 5.32 Å². The molecule has 7 heteroatoms. The Balaban J connectivity index is 1.43. The summed E-state index contributed by atoms with van der Waals surface area (Å²) in [6.07, 6.45) is 0. The molecule has 0 bridgehead atoms. The Kier molecular flexibility index (Phi) is 4.85. The normalized spacial score (nSPS) is 12.5.